The Bertz CT molecular complexity index is 792. The first kappa shape index (κ1) is 17.3. The summed E-state index contributed by atoms with van der Waals surface area (Å²) in [5, 5.41) is -0.0203. The molecule has 21 heavy (non-hydrogen) atoms. The van der Waals surface area contributed by atoms with Gasteiger partial charge in [-0.05, 0) is 34.1 Å². The number of nitrogens with zero attached hydrogens (tertiary/aromatic N) is 1. The monoisotopic (exact) mass is 492 g/mol. The summed E-state index contributed by atoms with van der Waals surface area (Å²) in [6.45, 7) is 0. The Hall–Kier alpha value is -0.0500. The van der Waals surface area contributed by atoms with Crippen molar-refractivity contribution in [2.75, 3.05) is 4.72 Å². The second-order valence-electron chi connectivity index (χ2n) is 3.80. The molecule has 0 atom stereocenters. The number of sulfonamides is 1. The van der Waals surface area contributed by atoms with E-state index in [4.69, 9.17) is 34.8 Å². The summed E-state index contributed by atoms with van der Waals surface area (Å²) in [4.78, 5) is 3.60. The zero-order chi connectivity index (χ0) is 15.8. The molecular weight excluding hydrogens is 490 g/mol. The van der Waals surface area contributed by atoms with E-state index >= 15 is 0 Å². The molecule has 0 aliphatic rings. The van der Waals surface area contributed by atoms with Gasteiger partial charge in [0.2, 0.25) is 0 Å². The van der Waals surface area contributed by atoms with Crippen molar-refractivity contribution < 1.29 is 8.42 Å². The Labute approximate surface area is 153 Å². The van der Waals surface area contributed by atoms with Crippen LogP contribution in [0, 0.1) is 0 Å². The van der Waals surface area contributed by atoms with E-state index in [2.05, 4.69) is 41.6 Å². The smallest absolute Gasteiger partial charge is 0.264 e. The van der Waals surface area contributed by atoms with E-state index in [9.17, 15) is 8.42 Å². The third kappa shape index (κ3) is 4.03. The second kappa shape index (κ2) is 6.60. The summed E-state index contributed by atoms with van der Waals surface area (Å²) in [7, 11) is -4.01. The predicted octanol–water partition coefficient (Wildman–Crippen LogP) is 5.37. The largest absolute Gasteiger partial charge is 0.276 e. The zero-order valence-electron chi connectivity index (χ0n) is 9.87. The van der Waals surface area contributed by atoms with E-state index in [0.29, 0.717) is 8.95 Å². The van der Waals surface area contributed by atoms with E-state index in [1.54, 1.807) is 0 Å². The van der Waals surface area contributed by atoms with Crippen LogP contribution in [-0.4, -0.2) is 13.4 Å². The number of aromatic nitrogens is 1. The average Bonchev–Trinajstić information content (AvgIpc) is 2.31. The molecule has 1 N–H and O–H groups in total. The van der Waals surface area contributed by atoms with Gasteiger partial charge in [0.25, 0.3) is 10.0 Å². The van der Waals surface area contributed by atoms with E-state index in [1.165, 1.54) is 24.4 Å². The molecule has 0 amide bonds. The molecule has 10 heteroatoms. The van der Waals surface area contributed by atoms with Crippen molar-refractivity contribution in [2.24, 2.45) is 0 Å². The van der Waals surface area contributed by atoms with Crippen LogP contribution in [-0.2, 0) is 10.0 Å². The fourth-order valence-corrected chi connectivity index (χ4v) is 5.01. The summed E-state index contributed by atoms with van der Waals surface area (Å²) in [6, 6.07) is 4.35. The molecule has 0 radical (unpaired) electrons. The van der Waals surface area contributed by atoms with Gasteiger partial charge in [-0.15, -0.1) is 0 Å². The van der Waals surface area contributed by atoms with Gasteiger partial charge in [0.1, 0.15) is 4.90 Å². The van der Waals surface area contributed by atoms with Crippen LogP contribution in [0.1, 0.15) is 0 Å². The number of pyridine rings is 1. The minimum Gasteiger partial charge on any atom is -0.276 e. The van der Waals surface area contributed by atoms with Gasteiger partial charge >= 0.3 is 0 Å². The highest BCUT2D eigenvalue weighted by Gasteiger charge is 2.23. The summed E-state index contributed by atoms with van der Waals surface area (Å²) in [6.07, 6.45) is 1.44. The van der Waals surface area contributed by atoms with Crippen LogP contribution in [0.4, 0.5) is 5.69 Å². The quantitative estimate of drug-likeness (QED) is 0.583. The summed E-state index contributed by atoms with van der Waals surface area (Å²) < 4.78 is 28.3. The molecular formula is C11H5Br2Cl3N2O2S. The second-order valence-corrected chi connectivity index (χ2v) is 8.42. The van der Waals surface area contributed by atoms with E-state index in [1.807, 2.05) is 0 Å². The molecule has 0 spiro atoms. The highest BCUT2D eigenvalue weighted by Crippen LogP contribution is 2.35. The summed E-state index contributed by atoms with van der Waals surface area (Å²) in [5.74, 6) is 0. The van der Waals surface area contributed by atoms with Crippen molar-refractivity contribution in [2.45, 2.75) is 4.90 Å². The lowest BCUT2D eigenvalue weighted by Gasteiger charge is -2.12. The lowest BCUT2D eigenvalue weighted by Crippen LogP contribution is -2.14. The minimum atomic E-state index is -4.01. The Balaban J connectivity index is 2.51. The molecule has 112 valence electrons. The fraction of sp³-hybridized carbons (Fsp3) is 0. The zero-order valence-corrected chi connectivity index (χ0v) is 16.1. The number of hydrogen-bond acceptors (Lipinski definition) is 3. The minimum absolute atomic E-state index is 0.00568. The number of hydrogen-bond donors (Lipinski definition) is 1. The number of rotatable bonds is 3. The first-order valence-corrected chi connectivity index (χ1v) is 9.39. The Morgan fingerprint density at radius 2 is 1.57 bits per heavy atom. The number of halogens is 5. The van der Waals surface area contributed by atoms with Crippen molar-refractivity contribution >= 4 is 82.4 Å². The third-order valence-electron chi connectivity index (χ3n) is 2.28. The fourth-order valence-electron chi connectivity index (χ4n) is 1.48. The molecule has 0 saturated carbocycles. The molecule has 0 aliphatic heterocycles. The molecule has 2 aromatic rings. The number of benzene rings is 1. The average molecular weight is 495 g/mol. The topological polar surface area (TPSA) is 59.1 Å². The molecule has 4 nitrogen and oxygen atoms in total. The summed E-state index contributed by atoms with van der Waals surface area (Å²) in [5.41, 5.74) is 0.112. The molecule has 0 saturated heterocycles. The van der Waals surface area contributed by atoms with Gasteiger partial charge in [0.15, 0.2) is 5.15 Å². The van der Waals surface area contributed by atoms with Crippen LogP contribution in [0.5, 0.6) is 0 Å². The number of anilines is 1. The lowest BCUT2D eigenvalue weighted by molar-refractivity contribution is 0.601. The standard InChI is InChI=1S/C11H5Br2Cl3N2O2S/c12-5-1-7(14)10(8(15)2-5)21(19,20)18-9-3-6(13)4-17-11(9)16/h1-4,18H. The molecule has 2 rings (SSSR count). The van der Waals surface area contributed by atoms with Gasteiger partial charge < -0.3 is 0 Å². The van der Waals surface area contributed by atoms with Crippen molar-refractivity contribution in [1.82, 2.24) is 4.98 Å². The SMILES string of the molecule is O=S(=O)(Nc1cc(Br)cnc1Cl)c1c(Cl)cc(Br)cc1Cl. The maximum absolute atomic E-state index is 12.4. The predicted molar refractivity (Wildman–Crippen MR) is 91.9 cm³/mol. The van der Waals surface area contributed by atoms with Crippen LogP contribution in [0.15, 0.2) is 38.2 Å². The van der Waals surface area contributed by atoms with Crippen LogP contribution in [0.2, 0.25) is 15.2 Å². The van der Waals surface area contributed by atoms with Gasteiger partial charge in [0, 0.05) is 15.1 Å². The van der Waals surface area contributed by atoms with E-state index in [-0.39, 0.29) is 25.8 Å². The van der Waals surface area contributed by atoms with E-state index < -0.39 is 10.0 Å². The molecule has 0 bridgehead atoms. The van der Waals surface area contributed by atoms with Crippen molar-refractivity contribution in [3.63, 3.8) is 0 Å². The number of nitrogens with one attached hydrogen (secondary N) is 1. The van der Waals surface area contributed by atoms with Crippen LogP contribution >= 0.6 is 66.7 Å². The lowest BCUT2D eigenvalue weighted by atomic mass is 10.4. The van der Waals surface area contributed by atoms with Crippen LogP contribution in [0.3, 0.4) is 0 Å². The Morgan fingerprint density at radius 3 is 2.14 bits per heavy atom. The van der Waals surface area contributed by atoms with Crippen molar-refractivity contribution in [3.8, 4) is 0 Å². The normalized spacial score (nSPS) is 11.5. The Morgan fingerprint density at radius 1 is 1.00 bits per heavy atom. The van der Waals surface area contributed by atoms with E-state index in [0.717, 1.165) is 0 Å². The highest BCUT2D eigenvalue weighted by atomic mass is 79.9. The van der Waals surface area contributed by atoms with Gasteiger partial charge in [-0.1, -0.05) is 50.7 Å². The summed E-state index contributed by atoms with van der Waals surface area (Å²) >= 11 is 24.2. The van der Waals surface area contributed by atoms with Gasteiger partial charge in [-0.2, -0.15) is 0 Å². The molecule has 1 heterocycles. The Kier molecular flexibility index (Phi) is 5.44. The molecule has 0 aliphatic carbocycles. The first-order valence-electron chi connectivity index (χ1n) is 5.19. The third-order valence-corrected chi connectivity index (χ3v) is 5.76. The van der Waals surface area contributed by atoms with Crippen LogP contribution < -0.4 is 4.72 Å². The van der Waals surface area contributed by atoms with Crippen LogP contribution in [0.25, 0.3) is 0 Å². The maximum Gasteiger partial charge on any atom is 0.264 e. The van der Waals surface area contributed by atoms with Gasteiger partial charge in [-0.25, -0.2) is 13.4 Å². The molecule has 1 aromatic heterocycles. The highest BCUT2D eigenvalue weighted by molar-refractivity contribution is 9.10. The molecule has 0 fully saturated rings. The van der Waals surface area contributed by atoms with Crippen molar-refractivity contribution in [3.05, 3.63) is 48.5 Å². The van der Waals surface area contributed by atoms with Gasteiger partial charge in [-0.3, -0.25) is 4.72 Å². The van der Waals surface area contributed by atoms with Gasteiger partial charge in [0.05, 0.1) is 15.7 Å². The molecule has 0 unspecified atom stereocenters. The maximum atomic E-state index is 12.4. The first-order chi connectivity index (χ1) is 9.70. The molecule has 1 aromatic carbocycles. The van der Waals surface area contributed by atoms with Crippen molar-refractivity contribution in [1.29, 1.82) is 0 Å².